The van der Waals surface area contributed by atoms with Crippen LogP contribution in [-0.4, -0.2) is 21.5 Å². The number of rotatable bonds is 5. The SMILES string of the molecule is C=CC(C)Nc1ccc(S(=O)(=O)NC)cc1N. The van der Waals surface area contributed by atoms with Crippen LogP contribution in [0.15, 0.2) is 35.7 Å². The van der Waals surface area contributed by atoms with Gasteiger partial charge in [-0.2, -0.15) is 0 Å². The molecule has 0 aliphatic rings. The highest BCUT2D eigenvalue weighted by Crippen LogP contribution is 2.23. The summed E-state index contributed by atoms with van der Waals surface area (Å²) in [5.74, 6) is 0. The van der Waals surface area contributed by atoms with Crippen LogP contribution in [0.5, 0.6) is 0 Å². The van der Waals surface area contributed by atoms with Gasteiger partial charge in [0.1, 0.15) is 0 Å². The van der Waals surface area contributed by atoms with E-state index in [1.165, 1.54) is 19.2 Å². The van der Waals surface area contributed by atoms with Gasteiger partial charge in [-0.3, -0.25) is 0 Å². The fourth-order valence-corrected chi connectivity index (χ4v) is 2.03. The summed E-state index contributed by atoms with van der Waals surface area (Å²) in [4.78, 5) is 0.148. The Hall–Kier alpha value is -1.53. The van der Waals surface area contributed by atoms with Crippen LogP contribution in [0.2, 0.25) is 0 Å². The third-order valence-electron chi connectivity index (χ3n) is 2.34. The molecule has 0 spiro atoms. The van der Waals surface area contributed by atoms with Crippen molar-refractivity contribution in [3.05, 3.63) is 30.9 Å². The maximum absolute atomic E-state index is 11.5. The van der Waals surface area contributed by atoms with Crippen molar-refractivity contribution < 1.29 is 8.42 Å². The predicted octanol–water partition coefficient (Wildman–Crippen LogP) is 1.16. The van der Waals surface area contributed by atoms with E-state index < -0.39 is 10.0 Å². The topological polar surface area (TPSA) is 84.2 Å². The fraction of sp³-hybridized carbons (Fsp3) is 0.273. The van der Waals surface area contributed by atoms with E-state index in [9.17, 15) is 8.42 Å². The van der Waals surface area contributed by atoms with Gasteiger partial charge in [0.15, 0.2) is 0 Å². The molecule has 0 heterocycles. The van der Waals surface area contributed by atoms with Gasteiger partial charge < -0.3 is 11.1 Å². The van der Waals surface area contributed by atoms with E-state index in [0.29, 0.717) is 11.4 Å². The van der Waals surface area contributed by atoms with Crippen molar-refractivity contribution in [3.8, 4) is 0 Å². The summed E-state index contributed by atoms with van der Waals surface area (Å²) >= 11 is 0. The summed E-state index contributed by atoms with van der Waals surface area (Å²) in [7, 11) is -2.09. The number of nitrogen functional groups attached to an aromatic ring is 1. The van der Waals surface area contributed by atoms with Crippen LogP contribution in [0.4, 0.5) is 11.4 Å². The highest BCUT2D eigenvalue weighted by Gasteiger charge is 2.13. The number of benzene rings is 1. The van der Waals surface area contributed by atoms with Gasteiger partial charge in [0.25, 0.3) is 0 Å². The van der Waals surface area contributed by atoms with E-state index in [0.717, 1.165) is 0 Å². The molecule has 0 radical (unpaired) electrons. The van der Waals surface area contributed by atoms with Gasteiger partial charge in [-0.25, -0.2) is 13.1 Å². The Morgan fingerprint density at radius 3 is 2.59 bits per heavy atom. The first-order valence-electron chi connectivity index (χ1n) is 5.13. The second-order valence-electron chi connectivity index (χ2n) is 3.63. The number of sulfonamides is 1. The minimum atomic E-state index is -3.45. The Morgan fingerprint density at radius 2 is 2.12 bits per heavy atom. The summed E-state index contributed by atoms with van der Waals surface area (Å²) in [5.41, 5.74) is 6.86. The van der Waals surface area contributed by atoms with Crippen molar-refractivity contribution in [1.29, 1.82) is 0 Å². The molecule has 6 heteroatoms. The molecule has 0 bridgehead atoms. The van der Waals surface area contributed by atoms with Crippen LogP contribution in [0.25, 0.3) is 0 Å². The second-order valence-corrected chi connectivity index (χ2v) is 5.51. The van der Waals surface area contributed by atoms with Crippen molar-refractivity contribution in [3.63, 3.8) is 0 Å². The Bertz CT molecular complexity index is 511. The summed E-state index contributed by atoms with van der Waals surface area (Å²) in [6, 6.07) is 4.62. The quantitative estimate of drug-likeness (QED) is 0.544. The van der Waals surface area contributed by atoms with E-state index in [1.54, 1.807) is 12.1 Å². The average Bonchev–Trinajstić information content (AvgIpc) is 2.31. The zero-order valence-corrected chi connectivity index (χ0v) is 10.7. The maximum atomic E-state index is 11.5. The molecule has 4 N–H and O–H groups in total. The molecule has 5 nitrogen and oxygen atoms in total. The van der Waals surface area contributed by atoms with Crippen LogP contribution in [0.3, 0.4) is 0 Å². The van der Waals surface area contributed by atoms with Crippen LogP contribution in [0.1, 0.15) is 6.92 Å². The lowest BCUT2D eigenvalue weighted by molar-refractivity contribution is 0.588. The van der Waals surface area contributed by atoms with Gasteiger partial charge >= 0.3 is 0 Å². The lowest BCUT2D eigenvalue weighted by Crippen LogP contribution is -2.19. The molecular weight excluding hydrogens is 238 g/mol. The van der Waals surface area contributed by atoms with E-state index >= 15 is 0 Å². The first kappa shape index (κ1) is 13.5. The maximum Gasteiger partial charge on any atom is 0.240 e. The molecule has 1 atom stereocenters. The molecule has 0 aliphatic carbocycles. The lowest BCUT2D eigenvalue weighted by Gasteiger charge is -2.14. The Labute approximate surface area is 102 Å². The van der Waals surface area contributed by atoms with Crippen LogP contribution < -0.4 is 15.8 Å². The van der Waals surface area contributed by atoms with Crippen LogP contribution in [-0.2, 0) is 10.0 Å². The number of hydrogen-bond acceptors (Lipinski definition) is 4. The largest absolute Gasteiger partial charge is 0.397 e. The molecule has 0 saturated heterocycles. The summed E-state index contributed by atoms with van der Waals surface area (Å²) in [5, 5.41) is 3.10. The number of nitrogens with one attached hydrogen (secondary N) is 2. The zero-order valence-electron chi connectivity index (χ0n) is 9.90. The molecule has 1 unspecified atom stereocenters. The lowest BCUT2D eigenvalue weighted by atomic mass is 10.2. The van der Waals surface area contributed by atoms with E-state index in [-0.39, 0.29) is 10.9 Å². The zero-order chi connectivity index (χ0) is 13.1. The molecule has 1 aromatic rings. The number of anilines is 2. The number of hydrogen-bond donors (Lipinski definition) is 3. The Balaban J connectivity index is 3.06. The standard InChI is InChI=1S/C11H17N3O2S/c1-4-8(2)14-11-6-5-9(7-10(11)12)17(15,16)13-3/h4-8,13-14H,1,12H2,2-3H3. The molecule has 0 aromatic heterocycles. The van der Waals surface area contributed by atoms with Crippen molar-refractivity contribution in [2.45, 2.75) is 17.9 Å². The molecule has 94 valence electrons. The Morgan fingerprint density at radius 1 is 1.47 bits per heavy atom. The molecule has 1 rings (SSSR count). The summed E-state index contributed by atoms with van der Waals surface area (Å²) in [6.45, 7) is 5.57. The number of nitrogens with two attached hydrogens (primary N) is 1. The highest BCUT2D eigenvalue weighted by atomic mass is 32.2. The van der Waals surface area contributed by atoms with Crippen molar-refractivity contribution >= 4 is 21.4 Å². The van der Waals surface area contributed by atoms with E-state index in [4.69, 9.17) is 5.73 Å². The monoisotopic (exact) mass is 255 g/mol. The van der Waals surface area contributed by atoms with Crippen molar-refractivity contribution in [2.75, 3.05) is 18.1 Å². The van der Waals surface area contributed by atoms with Gasteiger partial charge in [-0.1, -0.05) is 6.08 Å². The van der Waals surface area contributed by atoms with Gasteiger partial charge in [0.2, 0.25) is 10.0 Å². The van der Waals surface area contributed by atoms with Gasteiger partial charge in [-0.15, -0.1) is 6.58 Å². The van der Waals surface area contributed by atoms with Gasteiger partial charge in [-0.05, 0) is 32.2 Å². The Kier molecular flexibility index (Phi) is 4.14. The first-order valence-corrected chi connectivity index (χ1v) is 6.61. The predicted molar refractivity (Wildman–Crippen MR) is 70.4 cm³/mol. The third-order valence-corrected chi connectivity index (χ3v) is 3.75. The second kappa shape index (κ2) is 5.20. The van der Waals surface area contributed by atoms with E-state index in [2.05, 4.69) is 16.6 Å². The fourth-order valence-electron chi connectivity index (χ4n) is 1.26. The summed E-state index contributed by atoms with van der Waals surface area (Å²) < 4.78 is 25.3. The molecule has 0 saturated carbocycles. The van der Waals surface area contributed by atoms with Gasteiger partial charge in [0.05, 0.1) is 16.3 Å². The molecule has 17 heavy (non-hydrogen) atoms. The van der Waals surface area contributed by atoms with Crippen molar-refractivity contribution in [1.82, 2.24) is 4.72 Å². The molecule has 1 aromatic carbocycles. The molecule has 0 aliphatic heterocycles. The molecular formula is C11H17N3O2S. The minimum absolute atomic E-state index is 0.0593. The first-order chi connectivity index (χ1) is 7.90. The van der Waals surface area contributed by atoms with Crippen LogP contribution >= 0.6 is 0 Å². The van der Waals surface area contributed by atoms with E-state index in [1.807, 2.05) is 6.92 Å². The highest BCUT2D eigenvalue weighted by molar-refractivity contribution is 7.89. The molecule has 0 amide bonds. The molecule has 0 fully saturated rings. The van der Waals surface area contributed by atoms with Crippen molar-refractivity contribution in [2.24, 2.45) is 0 Å². The van der Waals surface area contributed by atoms with Gasteiger partial charge in [0, 0.05) is 6.04 Å². The summed E-state index contributed by atoms with van der Waals surface area (Å²) in [6.07, 6.45) is 1.73. The smallest absolute Gasteiger partial charge is 0.240 e. The van der Waals surface area contributed by atoms with Crippen LogP contribution in [0, 0.1) is 0 Å². The minimum Gasteiger partial charge on any atom is -0.397 e. The normalized spacial score (nSPS) is 13.1. The average molecular weight is 255 g/mol. The third kappa shape index (κ3) is 3.21.